The van der Waals surface area contributed by atoms with Gasteiger partial charge in [0.05, 0.1) is 28.3 Å². The summed E-state index contributed by atoms with van der Waals surface area (Å²) in [6, 6.07) is 4.96. The molecule has 3 aromatic rings. The standard InChI is InChI=1S/C11H8ClN5O/c12-6-4-14-17(5-6)11-15-9-2-1-7(13)3-8(9)10(18)16-11/h1-5H,13H2,(H,15,16,18). The summed E-state index contributed by atoms with van der Waals surface area (Å²) in [4.78, 5) is 18.8. The molecule has 0 amide bonds. The van der Waals surface area contributed by atoms with E-state index in [0.717, 1.165) is 0 Å². The summed E-state index contributed by atoms with van der Waals surface area (Å²) in [6.45, 7) is 0. The van der Waals surface area contributed by atoms with E-state index in [4.69, 9.17) is 17.3 Å². The van der Waals surface area contributed by atoms with Gasteiger partial charge in [0.2, 0.25) is 5.95 Å². The van der Waals surface area contributed by atoms with E-state index >= 15 is 0 Å². The van der Waals surface area contributed by atoms with Crippen molar-refractivity contribution in [2.24, 2.45) is 0 Å². The number of fused-ring (bicyclic) bond motifs is 1. The molecular formula is C11H8ClN5O. The third-order valence-electron chi connectivity index (χ3n) is 2.49. The Bertz CT molecular complexity index is 791. The van der Waals surface area contributed by atoms with Crippen molar-refractivity contribution in [1.29, 1.82) is 0 Å². The summed E-state index contributed by atoms with van der Waals surface area (Å²) >= 11 is 5.77. The number of anilines is 1. The molecule has 6 nitrogen and oxygen atoms in total. The van der Waals surface area contributed by atoms with Crippen LogP contribution in [0.15, 0.2) is 35.4 Å². The molecule has 0 spiro atoms. The summed E-state index contributed by atoms with van der Waals surface area (Å²) < 4.78 is 1.40. The van der Waals surface area contributed by atoms with Crippen molar-refractivity contribution in [2.75, 3.05) is 5.73 Å². The molecule has 2 heterocycles. The monoisotopic (exact) mass is 261 g/mol. The average Bonchev–Trinajstić information content (AvgIpc) is 2.77. The van der Waals surface area contributed by atoms with Gasteiger partial charge in [-0.05, 0) is 18.2 Å². The molecule has 90 valence electrons. The van der Waals surface area contributed by atoms with Crippen LogP contribution in [0.4, 0.5) is 5.69 Å². The van der Waals surface area contributed by atoms with Crippen LogP contribution in [-0.4, -0.2) is 19.7 Å². The van der Waals surface area contributed by atoms with E-state index in [1.54, 1.807) is 24.4 Å². The molecule has 3 rings (SSSR count). The molecule has 3 N–H and O–H groups in total. The van der Waals surface area contributed by atoms with Gasteiger partial charge in [-0.25, -0.2) is 9.67 Å². The van der Waals surface area contributed by atoms with Crippen LogP contribution in [-0.2, 0) is 0 Å². The highest BCUT2D eigenvalue weighted by Gasteiger charge is 2.06. The number of nitrogen functional groups attached to an aromatic ring is 1. The Labute approximate surface area is 106 Å². The normalized spacial score (nSPS) is 10.9. The van der Waals surface area contributed by atoms with Crippen LogP contribution < -0.4 is 11.3 Å². The van der Waals surface area contributed by atoms with Gasteiger partial charge in [0.1, 0.15) is 0 Å². The van der Waals surface area contributed by atoms with Crippen molar-refractivity contribution in [3.8, 4) is 5.95 Å². The molecule has 0 saturated carbocycles. The van der Waals surface area contributed by atoms with Crippen LogP contribution >= 0.6 is 11.6 Å². The van der Waals surface area contributed by atoms with Gasteiger partial charge in [0, 0.05) is 5.69 Å². The van der Waals surface area contributed by atoms with Crippen LogP contribution in [0.25, 0.3) is 16.9 Å². The lowest BCUT2D eigenvalue weighted by atomic mass is 10.2. The largest absolute Gasteiger partial charge is 0.399 e. The molecule has 0 unspecified atom stereocenters. The molecule has 7 heteroatoms. The van der Waals surface area contributed by atoms with Crippen molar-refractivity contribution < 1.29 is 0 Å². The van der Waals surface area contributed by atoms with Crippen LogP contribution in [0.5, 0.6) is 0 Å². The molecule has 0 aliphatic heterocycles. The fourth-order valence-corrected chi connectivity index (χ4v) is 1.81. The Kier molecular flexibility index (Phi) is 2.31. The molecule has 0 atom stereocenters. The van der Waals surface area contributed by atoms with E-state index in [2.05, 4.69) is 15.1 Å². The number of nitrogens with zero attached hydrogens (tertiary/aromatic N) is 3. The van der Waals surface area contributed by atoms with Gasteiger partial charge in [-0.3, -0.25) is 9.78 Å². The number of hydrogen-bond acceptors (Lipinski definition) is 4. The van der Waals surface area contributed by atoms with Gasteiger partial charge in [0.15, 0.2) is 0 Å². The fourth-order valence-electron chi connectivity index (χ4n) is 1.67. The minimum absolute atomic E-state index is 0.270. The number of aromatic amines is 1. The first-order valence-electron chi connectivity index (χ1n) is 5.13. The smallest absolute Gasteiger partial charge is 0.260 e. The number of nitrogens with one attached hydrogen (secondary N) is 1. The Morgan fingerprint density at radius 2 is 2.22 bits per heavy atom. The summed E-state index contributed by atoms with van der Waals surface area (Å²) in [7, 11) is 0. The van der Waals surface area contributed by atoms with Gasteiger partial charge in [-0.2, -0.15) is 5.10 Å². The number of nitrogens with two attached hydrogens (primary N) is 1. The first-order valence-corrected chi connectivity index (χ1v) is 5.51. The van der Waals surface area contributed by atoms with E-state index in [9.17, 15) is 4.79 Å². The maximum absolute atomic E-state index is 11.9. The van der Waals surface area contributed by atoms with Crippen molar-refractivity contribution in [2.45, 2.75) is 0 Å². The van der Waals surface area contributed by atoms with E-state index in [-0.39, 0.29) is 5.56 Å². The Morgan fingerprint density at radius 3 is 2.94 bits per heavy atom. The van der Waals surface area contributed by atoms with Crippen LogP contribution in [0.1, 0.15) is 0 Å². The predicted octanol–water partition coefficient (Wildman–Crippen LogP) is 1.34. The average molecular weight is 262 g/mol. The zero-order chi connectivity index (χ0) is 12.7. The van der Waals surface area contributed by atoms with E-state index in [1.807, 2.05) is 0 Å². The number of rotatable bonds is 1. The minimum atomic E-state index is -0.270. The SMILES string of the molecule is Nc1ccc2nc(-n3cc(Cl)cn3)[nH]c(=O)c2c1. The number of halogens is 1. The van der Waals surface area contributed by atoms with Gasteiger partial charge in [0.25, 0.3) is 5.56 Å². The molecule has 2 aromatic heterocycles. The molecular weight excluding hydrogens is 254 g/mol. The molecule has 0 saturated heterocycles. The summed E-state index contributed by atoms with van der Waals surface area (Å²) in [6.07, 6.45) is 3.03. The van der Waals surface area contributed by atoms with Crippen molar-refractivity contribution in [3.63, 3.8) is 0 Å². The van der Waals surface area contributed by atoms with Gasteiger partial charge < -0.3 is 5.73 Å². The van der Waals surface area contributed by atoms with Crippen LogP contribution in [0.2, 0.25) is 5.02 Å². The van der Waals surface area contributed by atoms with Crippen molar-refractivity contribution in [1.82, 2.24) is 19.7 Å². The van der Waals surface area contributed by atoms with Gasteiger partial charge in [-0.15, -0.1) is 0 Å². The highest BCUT2D eigenvalue weighted by molar-refractivity contribution is 6.30. The van der Waals surface area contributed by atoms with E-state index in [0.29, 0.717) is 27.6 Å². The molecule has 0 bridgehead atoms. The molecule has 1 aromatic carbocycles. The summed E-state index contributed by atoms with van der Waals surface area (Å²) in [5, 5.41) is 4.89. The number of hydrogen-bond donors (Lipinski definition) is 2. The highest BCUT2D eigenvalue weighted by atomic mass is 35.5. The highest BCUT2D eigenvalue weighted by Crippen LogP contribution is 2.13. The quantitative estimate of drug-likeness (QED) is 0.647. The van der Waals surface area contributed by atoms with E-state index < -0.39 is 0 Å². The first kappa shape index (κ1) is 10.8. The number of H-pyrrole nitrogens is 1. The molecule has 0 aliphatic carbocycles. The minimum Gasteiger partial charge on any atom is -0.399 e. The molecule has 18 heavy (non-hydrogen) atoms. The zero-order valence-electron chi connectivity index (χ0n) is 9.09. The summed E-state index contributed by atoms with van der Waals surface area (Å²) in [5.74, 6) is 0.309. The lowest BCUT2D eigenvalue weighted by Crippen LogP contribution is -2.14. The second-order valence-electron chi connectivity index (χ2n) is 3.77. The first-order chi connectivity index (χ1) is 8.63. The number of benzene rings is 1. The molecule has 0 radical (unpaired) electrons. The van der Waals surface area contributed by atoms with Crippen LogP contribution in [0, 0.1) is 0 Å². The second kappa shape index (κ2) is 3.85. The van der Waals surface area contributed by atoms with Crippen molar-refractivity contribution in [3.05, 3.63) is 46.0 Å². The maximum atomic E-state index is 11.9. The molecule has 0 fully saturated rings. The fraction of sp³-hybridized carbons (Fsp3) is 0. The van der Waals surface area contributed by atoms with Crippen molar-refractivity contribution >= 4 is 28.2 Å². The van der Waals surface area contributed by atoms with Gasteiger partial charge in [-0.1, -0.05) is 11.6 Å². The molecule has 0 aliphatic rings. The topological polar surface area (TPSA) is 89.6 Å². The van der Waals surface area contributed by atoms with E-state index in [1.165, 1.54) is 10.9 Å². The Morgan fingerprint density at radius 1 is 1.39 bits per heavy atom. The Balaban J connectivity index is 2.28. The summed E-state index contributed by atoms with van der Waals surface area (Å²) in [5.41, 5.74) is 6.43. The lowest BCUT2D eigenvalue weighted by molar-refractivity contribution is 0.810. The third-order valence-corrected chi connectivity index (χ3v) is 2.68. The maximum Gasteiger partial charge on any atom is 0.260 e. The Hall–Kier alpha value is -2.34. The second-order valence-corrected chi connectivity index (χ2v) is 4.21. The third kappa shape index (κ3) is 1.72. The van der Waals surface area contributed by atoms with Gasteiger partial charge >= 0.3 is 0 Å². The lowest BCUT2D eigenvalue weighted by Gasteiger charge is -2.02. The zero-order valence-corrected chi connectivity index (χ0v) is 9.85. The van der Waals surface area contributed by atoms with Crippen LogP contribution in [0.3, 0.4) is 0 Å². The predicted molar refractivity (Wildman–Crippen MR) is 68.9 cm³/mol. The number of aromatic nitrogens is 4.